The fourth-order valence-electron chi connectivity index (χ4n) is 4.05. The van der Waals surface area contributed by atoms with Crippen LogP contribution in [0.15, 0.2) is 12.1 Å². The van der Waals surface area contributed by atoms with Gasteiger partial charge in [0.05, 0.1) is 0 Å². The normalized spacial score (nSPS) is 23.7. The van der Waals surface area contributed by atoms with Gasteiger partial charge in [-0.25, -0.2) is 0 Å². The van der Waals surface area contributed by atoms with Crippen LogP contribution in [0.4, 0.5) is 19.0 Å². The van der Waals surface area contributed by atoms with Crippen molar-refractivity contribution in [1.29, 1.82) is 0 Å². The predicted molar refractivity (Wildman–Crippen MR) is 86.4 cm³/mol. The Morgan fingerprint density at radius 1 is 1.04 bits per heavy atom. The van der Waals surface area contributed by atoms with Crippen molar-refractivity contribution in [2.45, 2.75) is 50.9 Å². The van der Waals surface area contributed by atoms with Crippen LogP contribution >= 0.6 is 0 Å². The number of alkyl halides is 3. The molecule has 0 radical (unpaired) electrons. The molecule has 2 saturated heterocycles. The summed E-state index contributed by atoms with van der Waals surface area (Å²) in [6, 6.07) is 4.47. The van der Waals surface area contributed by atoms with Gasteiger partial charge in [0, 0.05) is 25.2 Å². The summed E-state index contributed by atoms with van der Waals surface area (Å²) in [5, 5.41) is 10.9. The molecule has 0 bridgehead atoms. The molecule has 0 aliphatic carbocycles. The Kier molecular flexibility index (Phi) is 4.05. The Bertz CT molecular complexity index is 750. The SMILES string of the molecule is CC1CCCN1C1CCN(c2ccc3nnc(C(F)(F)F)n3n2)CC1. The first-order valence-corrected chi connectivity index (χ1v) is 8.74. The van der Waals surface area contributed by atoms with Crippen molar-refractivity contribution >= 4 is 11.5 Å². The number of fused-ring (bicyclic) bond motifs is 1. The number of nitrogens with zero attached hydrogens (tertiary/aromatic N) is 6. The molecule has 1 atom stereocenters. The molecule has 136 valence electrons. The lowest BCUT2D eigenvalue weighted by Crippen LogP contribution is -2.46. The van der Waals surface area contributed by atoms with Gasteiger partial charge in [0.15, 0.2) is 5.65 Å². The first-order chi connectivity index (χ1) is 11.9. The monoisotopic (exact) mass is 354 g/mol. The Balaban J connectivity index is 1.51. The molecule has 2 aliphatic rings. The number of anilines is 1. The van der Waals surface area contributed by atoms with Crippen molar-refractivity contribution in [1.82, 2.24) is 24.7 Å². The highest BCUT2D eigenvalue weighted by Gasteiger charge is 2.38. The maximum atomic E-state index is 13.0. The number of hydrogen-bond acceptors (Lipinski definition) is 5. The highest BCUT2D eigenvalue weighted by Crippen LogP contribution is 2.29. The van der Waals surface area contributed by atoms with E-state index < -0.39 is 12.0 Å². The summed E-state index contributed by atoms with van der Waals surface area (Å²) in [4.78, 5) is 4.63. The minimum absolute atomic E-state index is 0.108. The molecule has 0 aromatic carbocycles. The molecule has 0 spiro atoms. The molecule has 2 aliphatic heterocycles. The topological polar surface area (TPSA) is 49.6 Å². The third-order valence-corrected chi connectivity index (χ3v) is 5.36. The van der Waals surface area contributed by atoms with Crippen LogP contribution in [0.2, 0.25) is 0 Å². The minimum Gasteiger partial charge on any atom is -0.355 e. The van der Waals surface area contributed by atoms with Crippen LogP contribution < -0.4 is 4.90 Å². The molecule has 2 aromatic rings. The molecule has 1 unspecified atom stereocenters. The molecule has 4 rings (SSSR count). The van der Waals surface area contributed by atoms with Crippen molar-refractivity contribution in [2.75, 3.05) is 24.5 Å². The lowest BCUT2D eigenvalue weighted by Gasteiger charge is -2.39. The highest BCUT2D eigenvalue weighted by atomic mass is 19.4. The Labute approximate surface area is 143 Å². The van der Waals surface area contributed by atoms with E-state index in [1.54, 1.807) is 12.1 Å². The summed E-state index contributed by atoms with van der Waals surface area (Å²) in [6.07, 6.45) is -0.0274. The number of hydrogen-bond donors (Lipinski definition) is 0. The van der Waals surface area contributed by atoms with E-state index in [1.807, 2.05) is 0 Å². The molecule has 25 heavy (non-hydrogen) atoms. The first kappa shape index (κ1) is 16.6. The van der Waals surface area contributed by atoms with Crippen LogP contribution in [-0.2, 0) is 6.18 Å². The summed E-state index contributed by atoms with van der Waals surface area (Å²) in [5.74, 6) is -0.532. The van der Waals surface area contributed by atoms with Crippen molar-refractivity contribution in [3.8, 4) is 0 Å². The van der Waals surface area contributed by atoms with Gasteiger partial charge in [-0.3, -0.25) is 4.90 Å². The average molecular weight is 354 g/mol. The Morgan fingerprint density at radius 2 is 1.80 bits per heavy atom. The molecule has 2 fully saturated rings. The molecule has 0 N–H and O–H groups in total. The number of aromatic nitrogens is 4. The third kappa shape index (κ3) is 3.05. The number of halogens is 3. The van der Waals surface area contributed by atoms with Gasteiger partial charge >= 0.3 is 6.18 Å². The van der Waals surface area contributed by atoms with E-state index in [1.165, 1.54) is 12.8 Å². The van der Waals surface area contributed by atoms with Crippen LogP contribution in [0.5, 0.6) is 0 Å². The summed E-state index contributed by atoms with van der Waals surface area (Å²) in [5.41, 5.74) is 0.108. The van der Waals surface area contributed by atoms with Gasteiger partial charge in [0.25, 0.3) is 5.82 Å². The fraction of sp³-hybridized carbons (Fsp3) is 0.688. The highest BCUT2D eigenvalue weighted by molar-refractivity contribution is 5.46. The maximum Gasteiger partial charge on any atom is 0.453 e. The van der Waals surface area contributed by atoms with E-state index in [2.05, 4.69) is 32.0 Å². The summed E-state index contributed by atoms with van der Waals surface area (Å²) in [6.45, 7) is 5.04. The molecule has 0 saturated carbocycles. The van der Waals surface area contributed by atoms with Crippen molar-refractivity contribution in [3.63, 3.8) is 0 Å². The van der Waals surface area contributed by atoms with Gasteiger partial charge in [-0.2, -0.15) is 17.7 Å². The quantitative estimate of drug-likeness (QED) is 0.830. The summed E-state index contributed by atoms with van der Waals surface area (Å²) < 4.78 is 39.8. The maximum absolute atomic E-state index is 13.0. The van der Waals surface area contributed by atoms with E-state index in [0.717, 1.165) is 37.0 Å². The summed E-state index contributed by atoms with van der Waals surface area (Å²) >= 11 is 0. The van der Waals surface area contributed by atoms with E-state index in [-0.39, 0.29) is 5.65 Å². The van der Waals surface area contributed by atoms with Gasteiger partial charge < -0.3 is 4.90 Å². The lowest BCUT2D eigenvalue weighted by atomic mass is 10.0. The van der Waals surface area contributed by atoms with E-state index >= 15 is 0 Å². The molecule has 2 aromatic heterocycles. The number of likely N-dealkylation sites (tertiary alicyclic amines) is 1. The van der Waals surface area contributed by atoms with Crippen LogP contribution in [0, 0.1) is 0 Å². The third-order valence-electron chi connectivity index (χ3n) is 5.36. The second kappa shape index (κ2) is 6.12. The molecule has 9 heteroatoms. The number of piperidine rings is 1. The lowest BCUT2D eigenvalue weighted by molar-refractivity contribution is -0.146. The van der Waals surface area contributed by atoms with Crippen LogP contribution in [0.25, 0.3) is 5.65 Å². The zero-order valence-corrected chi connectivity index (χ0v) is 14.1. The Morgan fingerprint density at radius 3 is 2.44 bits per heavy atom. The average Bonchev–Trinajstić information content (AvgIpc) is 3.20. The Hall–Kier alpha value is -1.90. The van der Waals surface area contributed by atoms with Crippen LogP contribution in [-0.4, -0.2) is 56.4 Å². The van der Waals surface area contributed by atoms with Crippen LogP contribution in [0.1, 0.15) is 38.4 Å². The number of rotatable bonds is 2. The van der Waals surface area contributed by atoms with Crippen molar-refractivity contribution in [2.24, 2.45) is 0 Å². The van der Waals surface area contributed by atoms with Gasteiger partial charge in [-0.05, 0) is 51.3 Å². The van der Waals surface area contributed by atoms with E-state index in [4.69, 9.17) is 0 Å². The minimum atomic E-state index is -4.57. The standard InChI is InChI=1S/C16H21F3N6/c1-11-3-2-8-24(11)12-6-9-23(10-7-12)14-5-4-13-20-21-15(16(17,18)19)25(13)22-14/h4-5,11-12H,2-3,6-10H2,1H3. The smallest absolute Gasteiger partial charge is 0.355 e. The van der Waals surface area contributed by atoms with E-state index in [0.29, 0.717) is 17.9 Å². The van der Waals surface area contributed by atoms with Gasteiger partial charge in [-0.15, -0.1) is 15.3 Å². The molecular formula is C16H21F3N6. The van der Waals surface area contributed by atoms with Gasteiger partial charge in [-0.1, -0.05) is 0 Å². The van der Waals surface area contributed by atoms with Gasteiger partial charge in [0.2, 0.25) is 0 Å². The molecule has 4 heterocycles. The molecule has 6 nitrogen and oxygen atoms in total. The first-order valence-electron chi connectivity index (χ1n) is 8.74. The second-order valence-electron chi connectivity index (χ2n) is 6.93. The summed E-state index contributed by atoms with van der Waals surface area (Å²) in [7, 11) is 0. The largest absolute Gasteiger partial charge is 0.453 e. The zero-order valence-electron chi connectivity index (χ0n) is 14.1. The molecular weight excluding hydrogens is 333 g/mol. The predicted octanol–water partition coefficient (Wildman–Crippen LogP) is 2.60. The second-order valence-corrected chi connectivity index (χ2v) is 6.93. The van der Waals surface area contributed by atoms with E-state index in [9.17, 15) is 13.2 Å². The fourth-order valence-corrected chi connectivity index (χ4v) is 4.05. The van der Waals surface area contributed by atoms with Gasteiger partial charge in [0.1, 0.15) is 5.82 Å². The van der Waals surface area contributed by atoms with Crippen molar-refractivity contribution < 1.29 is 13.2 Å². The van der Waals surface area contributed by atoms with Crippen LogP contribution in [0.3, 0.4) is 0 Å². The molecule has 0 amide bonds. The zero-order chi connectivity index (χ0) is 17.6. The van der Waals surface area contributed by atoms with Crippen molar-refractivity contribution in [3.05, 3.63) is 18.0 Å².